The van der Waals surface area contributed by atoms with Crippen molar-refractivity contribution in [3.63, 3.8) is 0 Å². The summed E-state index contributed by atoms with van der Waals surface area (Å²) in [5.74, 6) is 0.767. The number of aromatic nitrogens is 2. The smallest absolute Gasteiger partial charge is 0.282 e. The maximum atomic E-state index is 13.3. The Hall–Kier alpha value is -3.35. The standard InChI is InChI=1S/C24H16ClN3O2S/c1-31-18-9-6-15(7-10-18)14-26-28-23(27-20-5-3-2-4-19(20)24(28)29)22-13-16-12-17(25)8-11-21(16)30-22/h2-14H,1H3. The lowest BCUT2D eigenvalue weighted by atomic mass is 10.2. The van der Waals surface area contributed by atoms with Gasteiger partial charge in [-0.05, 0) is 60.4 Å². The Morgan fingerprint density at radius 1 is 1.06 bits per heavy atom. The lowest BCUT2D eigenvalue weighted by molar-refractivity contribution is 0.616. The molecule has 0 bridgehead atoms. The van der Waals surface area contributed by atoms with E-state index in [1.54, 1.807) is 42.2 Å². The molecule has 7 heteroatoms. The van der Waals surface area contributed by atoms with Gasteiger partial charge in [0, 0.05) is 15.3 Å². The van der Waals surface area contributed by atoms with Gasteiger partial charge < -0.3 is 4.42 Å². The van der Waals surface area contributed by atoms with Crippen LogP contribution in [0.1, 0.15) is 5.56 Å². The van der Waals surface area contributed by atoms with Gasteiger partial charge in [-0.25, -0.2) is 4.98 Å². The van der Waals surface area contributed by atoms with Crippen LogP contribution in [0.4, 0.5) is 0 Å². The summed E-state index contributed by atoms with van der Waals surface area (Å²) in [6.45, 7) is 0. The van der Waals surface area contributed by atoms with Crippen molar-refractivity contribution in [3.05, 3.63) is 93.7 Å². The molecule has 0 amide bonds. The number of halogens is 1. The van der Waals surface area contributed by atoms with Gasteiger partial charge >= 0.3 is 0 Å². The topological polar surface area (TPSA) is 60.4 Å². The largest absolute Gasteiger partial charge is 0.453 e. The minimum atomic E-state index is -0.268. The third-order valence-electron chi connectivity index (χ3n) is 4.89. The normalized spacial score (nSPS) is 11.7. The summed E-state index contributed by atoms with van der Waals surface area (Å²) >= 11 is 7.78. The predicted octanol–water partition coefficient (Wildman–Crippen LogP) is 6.07. The SMILES string of the molecule is CSc1ccc(C=Nn2c(-c3cc4cc(Cl)ccc4o3)nc3ccccc3c2=O)cc1. The zero-order valence-corrected chi connectivity index (χ0v) is 18.0. The first-order valence-corrected chi connectivity index (χ1v) is 11.1. The molecule has 2 heterocycles. The van der Waals surface area contributed by atoms with Crippen molar-refractivity contribution in [1.82, 2.24) is 9.66 Å². The highest BCUT2D eigenvalue weighted by molar-refractivity contribution is 7.98. The van der Waals surface area contributed by atoms with Crippen molar-refractivity contribution < 1.29 is 4.42 Å². The van der Waals surface area contributed by atoms with Crippen LogP contribution in [0.2, 0.25) is 5.02 Å². The third kappa shape index (κ3) is 3.76. The molecule has 0 aliphatic heterocycles. The quantitative estimate of drug-likeness (QED) is 0.249. The number of furan rings is 1. The Labute approximate surface area is 187 Å². The summed E-state index contributed by atoms with van der Waals surface area (Å²) < 4.78 is 7.26. The van der Waals surface area contributed by atoms with E-state index < -0.39 is 0 Å². The maximum Gasteiger partial charge on any atom is 0.282 e. The van der Waals surface area contributed by atoms with Crippen molar-refractivity contribution >= 4 is 51.4 Å². The van der Waals surface area contributed by atoms with Gasteiger partial charge in [0.2, 0.25) is 5.82 Å². The number of para-hydroxylation sites is 1. The number of benzene rings is 3. The first-order chi connectivity index (χ1) is 15.1. The molecule has 0 saturated carbocycles. The van der Waals surface area contributed by atoms with E-state index in [0.717, 1.165) is 15.8 Å². The molecule has 5 rings (SSSR count). The van der Waals surface area contributed by atoms with Crippen molar-refractivity contribution in [2.24, 2.45) is 5.10 Å². The van der Waals surface area contributed by atoms with Gasteiger partial charge in [0.25, 0.3) is 5.56 Å². The molecular formula is C24H16ClN3O2S. The second-order valence-electron chi connectivity index (χ2n) is 6.88. The minimum Gasteiger partial charge on any atom is -0.453 e. The van der Waals surface area contributed by atoms with Crippen molar-refractivity contribution in [3.8, 4) is 11.6 Å². The maximum absolute atomic E-state index is 13.3. The van der Waals surface area contributed by atoms with Gasteiger partial charge in [0.05, 0.1) is 17.1 Å². The van der Waals surface area contributed by atoms with Crippen LogP contribution in [0.5, 0.6) is 0 Å². The minimum absolute atomic E-state index is 0.268. The molecule has 0 unspecified atom stereocenters. The van der Waals surface area contributed by atoms with E-state index in [1.165, 1.54) is 4.68 Å². The van der Waals surface area contributed by atoms with Crippen LogP contribution >= 0.6 is 23.4 Å². The van der Waals surface area contributed by atoms with Crippen LogP contribution in [0.15, 0.2) is 92.0 Å². The summed E-state index contributed by atoms with van der Waals surface area (Å²) in [4.78, 5) is 19.1. The van der Waals surface area contributed by atoms with Gasteiger partial charge in [-0.3, -0.25) is 4.79 Å². The average molecular weight is 446 g/mol. The molecule has 152 valence electrons. The van der Waals surface area contributed by atoms with Gasteiger partial charge in [-0.1, -0.05) is 35.9 Å². The number of fused-ring (bicyclic) bond motifs is 2. The number of hydrogen-bond donors (Lipinski definition) is 0. The Morgan fingerprint density at radius 2 is 1.87 bits per heavy atom. The molecule has 0 spiro atoms. The molecule has 0 atom stereocenters. The molecule has 0 N–H and O–H groups in total. The number of nitrogens with zero attached hydrogens (tertiary/aromatic N) is 3. The monoisotopic (exact) mass is 445 g/mol. The first-order valence-electron chi connectivity index (χ1n) is 9.52. The van der Waals surface area contributed by atoms with Crippen LogP contribution in [-0.2, 0) is 0 Å². The van der Waals surface area contributed by atoms with Crippen molar-refractivity contribution in [2.45, 2.75) is 4.90 Å². The number of rotatable bonds is 4. The Morgan fingerprint density at radius 3 is 2.68 bits per heavy atom. The van der Waals surface area contributed by atoms with Gasteiger partial charge in [-0.15, -0.1) is 11.8 Å². The Kier molecular flexibility index (Phi) is 5.10. The van der Waals surface area contributed by atoms with Gasteiger partial charge in [-0.2, -0.15) is 9.78 Å². The van der Waals surface area contributed by atoms with E-state index in [-0.39, 0.29) is 5.56 Å². The number of hydrogen-bond acceptors (Lipinski definition) is 5. The summed E-state index contributed by atoms with van der Waals surface area (Å²) in [5.41, 5.74) is 1.85. The highest BCUT2D eigenvalue weighted by atomic mass is 35.5. The molecule has 3 aromatic carbocycles. The summed E-state index contributed by atoms with van der Waals surface area (Å²) in [5, 5.41) is 6.39. The molecule has 5 nitrogen and oxygen atoms in total. The van der Waals surface area contributed by atoms with Crippen LogP contribution in [0.3, 0.4) is 0 Å². The van der Waals surface area contributed by atoms with Crippen LogP contribution in [0, 0.1) is 0 Å². The van der Waals surface area contributed by atoms with E-state index in [2.05, 4.69) is 10.1 Å². The van der Waals surface area contributed by atoms with E-state index in [1.807, 2.05) is 54.8 Å². The van der Waals surface area contributed by atoms with E-state index in [4.69, 9.17) is 16.0 Å². The fourth-order valence-corrected chi connectivity index (χ4v) is 3.92. The summed E-state index contributed by atoms with van der Waals surface area (Å²) in [6, 6.07) is 22.3. The van der Waals surface area contributed by atoms with E-state index >= 15 is 0 Å². The molecule has 0 aliphatic rings. The molecule has 0 aliphatic carbocycles. The Balaban J connectivity index is 1.70. The van der Waals surface area contributed by atoms with Crippen LogP contribution in [-0.4, -0.2) is 22.1 Å². The summed E-state index contributed by atoms with van der Waals surface area (Å²) in [6.07, 6.45) is 3.67. The van der Waals surface area contributed by atoms with Crippen molar-refractivity contribution in [2.75, 3.05) is 6.26 Å². The van der Waals surface area contributed by atoms with Crippen LogP contribution < -0.4 is 5.56 Å². The number of thioether (sulfide) groups is 1. The predicted molar refractivity (Wildman–Crippen MR) is 127 cm³/mol. The van der Waals surface area contributed by atoms with E-state index in [0.29, 0.717) is 33.1 Å². The van der Waals surface area contributed by atoms with Gasteiger partial charge in [0.1, 0.15) is 5.58 Å². The average Bonchev–Trinajstić information content (AvgIpc) is 3.22. The lowest BCUT2D eigenvalue weighted by Gasteiger charge is -2.07. The second kappa shape index (κ2) is 8.06. The lowest BCUT2D eigenvalue weighted by Crippen LogP contribution is -2.20. The van der Waals surface area contributed by atoms with Crippen LogP contribution in [0.25, 0.3) is 33.5 Å². The molecule has 5 aromatic rings. The molecule has 31 heavy (non-hydrogen) atoms. The second-order valence-corrected chi connectivity index (χ2v) is 8.20. The summed E-state index contributed by atoms with van der Waals surface area (Å²) in [7, 11) is 0. The fourth-order valence-electron chi connectivity index (χ4n) is 3.33. The first kappa shape index (κ1) is 19.6. The van der Waals surface area contributed by atoms with E-state index in [9.17, 15) is 4.79 Å². The third-order valence-corrected chi connectivity index (χ3v) is 5.87. The zero-order chi connectivity index (χ0) is 21.4. The Bertz CT molecular complexity index is 1500. The molecule has 0 radical (unpaired) electrons. The zero-order valence-electron chi connectivity index (χ0n) is 16.4. The van der Waals surface area contributed by atoms with Gasteiger partial charge in [0.15, 0.2) is 5.76 Å². The van der Waals surface area contributed by atoms with Crippen molar-refractivity contribution in [1.29, 1.82) is 0 Å². The fraction of sp³-hybridized carbons (Fsp3) is 0.0417. The highest BCUT2D eigenvalue weighted by Crippen LogP contribution is 2.29. The molecule has 2 aromatic heterocycles. The molecule has 0 fully saturated rings. The highest BCUT2D eigenvalue weighted by Gasteiger charge is 2.16. The molecule has 0 saturated heterocycles. The molecular weight excluding hydrogens is 430 g/mol.